The monoisotopic (exact) mass is 512 g/mol. The average molecular weight is 513 g/mol. The Morgan fingerprint density at radius 3 is 2.85 bits per heavy atom. The van der Waals surface area contributed by atoms with Gasteiger partial charge in [-0.1, -0.05) is 11.6 Å². The SMILES string of the molecule is CN=C(NCc1cc(Cl)ccc1OC(F)F)NCc1nnc2n1CCC2.I. The number of aryl methyl sites for hydroxylation is 1. The average Bonchev–Trinajstić information content (AvgIpc) is 3.21. The fraction of sp³-hybridized carbons (Fsp3) is 0.438. The molecule has 1 aliphatic heterocycles. The van der Waals surface area contributed by atoms with Crippen molar-refractivity contribution in [1.82, 2.24) is 25.4 Å². The number of benzene rings is 1. The standard InChI is InChI=1S/C16H19ClF2N6O.HI/c1-20-16(22-9-14-24-23-13-3-2-6-25(13)14)21-8-10-7-11(17)4-5-12(10)26-15(18)19;/h4-5,7,15H,2-3,6,8-9H2,1H3,(H2,20,21,22);1H. The fourth-order valence-electron chi connectivity index (χ4n) is 2.80. The van der Waals surface area contributed by atoms with Crippen molar-refractivity contribution in [2.45, 2.75) is 39.1 Å². The van der Waals surface area contributed by atoms with Crippen molar-refractivity contribution in [3.05, 3.63) is 40.4 Å². The molecule has 0 radical (unpaired) electrons. The molecular weight excluding hydrogens is 493 g/mol. The topological polar surface area (TPSA) is 76.4 Å². The third kappa shape index (κ3) is 5.64. The number of halogens is 4. The van der Waals surface area contributed by atoms with E-state index in [4.69, 9.17) is 11.6 Å². The third-order valence-corrected chi connectivity index (χ3v) is 4.24. The smallest absolute Gasteiger partial charge is 0.387 e. The number of rotatable bonds is 6. The van der Waals surface area contributed by atoms with E-state index < -0.39 is 6.61 Å². The highest BCUT2D eigenvalue weighted by Gasteiger charge is 2.17. The van der Waals surface area contributed by atoms with Gasteiger partial charge in [-0.2, -0.15) is 8.78 Å². The van der Waals surface area contributed by atoms with Gasteiger partial charge in [0, 0.05) is 37.1 Å². The highest BCUT2D eigenvalue weighted by molar-refractivity contribution is 14.0. The Balaban J connectivity index is 0.00000261. The Bertz CT molecular complexity index is 801. The van der Waals surface area contributed by atoms with E-state index in [9.17, 15) is 8.78 Å². The van der Waals surface area contributed by atoms with Gasteiger partial charge in [-0.05, 0) is 24.6 Å². The van der Waals surface area contributed by atoms with Gasteiger partial charge in [-0.15, -0.1) is 34.2 Å². The Labute approximate surface area is 177 Å². The van der Waals surface area contributed by atoms with E-state index >= 15 is 0 Å². The first-order chi connectivity index (χ1) is 12.6. The lowest BCUT2D eigenvalue weighted by molar-refractivity contribution is -0.0504. The number of ether oxygens (including phenoxy) is 1. The number of hydrogen-bond donors (Lipinski definition) is 2. The summed E-state index contributed by atoms with van der Waals surface area (Å²) in [5.74, 6) is 2.41. The molecule has 0 saturated carbocycles. The number of guanidine groups is 1. The summed E-state index contributed by atoms with van der Waals surface area (Å²) in [6, 6.07) is 4.49. The molecule has 1 aliphatic rings. The van der Waals surface area contributed by atoms with Gasteiger partial charge in [0.25, 0.3) is 0 Å². The van der Waals surface area contributed by atoms with Crippen LogP contribution in [0.4, 0.5) is 8.78 Å². The van der Waals surface area contributed by atoms with E-state index in [1.807, 2.05) is 0 Å². The van der Waals surface area contributed by atoms with Gasteiger partial charge in [0.1, 0.15) is 11.6 Å². The Morgan fingerprint density at radius 2 is 2.11 bits per heavy atom. The first-order valence-electron chi connectivity index (χ1n) is 8.15. The molecule has 0 bridgehead atoms. The van der Waals surface area contributed by atoms with Gasteiger partial charge >= 0.3 is 6.61 Å². The van der Waals surface area contributed by atoms with Crippen LogP contribution < -0.4 is 15.4 Å². The first kappa shape index (κ1) is 21.6. The van der Waals surface area contributed by atoms with Crippen LogP contribution in [0.15, 0.2) is 23.2 Å². The molecule has 0 atom stereocenters. The van der Waals surface area contributed by atoms with Crippen LogP contribution >= 0.6 is 35.6 Å². The second kappa shape index (κ2) is 10.0. The van der Waals surface area contributed by atoms with Crippen molar-refractivity contribution >= 4 is 41.5 Å². The molecular formula is C16H20ClF2IN6O. The van der Waals surface area contributed by atoms with Crippen LogP contribution in [0.1, 0.15) is 23.6 Å². The van der Waals surface area contributed by atoms with Crippen LogP contribution in [0.3, 0.4) is 0 Å². The van der Waals surface area contributed by atoms with Gasteiger partial charge in [0.05, 0.1) is 6.54 Å². The largest absolute Gasteiger partial charge is 0.434 e. The maximum absolute atomic E-state index is 12.5. The first-order valence-corrected chi connectivity index (χ1v) is 8.53. The summed E-state index contributed by atoms with van der Waals surface area (Å²) < 4.78 is 31.7. The summed E-state index contributed by atoms with van der Waals surface area (Å²) in [4.78, 5) is 4.12. The van der Waals surface area contributed by atoms with Gasteiger partial charge in [-0.25, -0.2) is 0 Å². The molecule has 2 heterocycles. The Kier molecular flexibility index (Phi) is 8.02. The van der Waals surface area contributed by atoms with Gasteiger partial charge in [0.2, 0.25) is 0 Å². The van der Waals surface area contributed by atoms with Crippen molar-refractivity contribution in [3.8, 4) is 5.75 Å². The van der Waals surface area contributed by atoms with Crippen LogP contribution in [-0.2, 0) is 26.1 Å². The van der Waals surface area contributed by atoms with Crippen molar-refractivity contribution in [3.63, 3.8) is 0 Å². The molecule has 7 nitrogen and oxygen atoms in total. The van der Waals surface area contributed by atoms with E-state index in [2.05, 4.69) is 35.1 Å². The maximum atomic E-state index is 12.5. The van der Waals surface area contributed by atoms with Crippen LogP contribution in [0.25, 0.3) is 0 Å². The molecule has 1 aromatic heterocycles. The second-order valence-corrected chi connectivity index (χ2v) is 6.13. The van der Waals surface area contributed by atoms with Gasteiger partial charge in [-0.3, -0.25) is 4.99 Å². The van der Waals surface area contributed by atoms with Crippen molar-refractivity contribution in [2.75, 3.05) is 7.05 Å². The van der Waals surface area contributed by atoms with Crippen molar-refractivity contribution < 1.29 is 13.5 Å². The number of hydrogen-bond acceptors (Lipinski definition) is 4. The van der Waals surface area contributed by atoms with E-state index in [1.54, 1.807) is 13.1 Å². The van der Waals surface area contributed by atoms with Gasteiger partial charge < -0.3 is 19.9 Å². The zero-order valence-corrected chi connectivity index (χ0v) is 17.7. The highest BCUT2D eigenvalue weighted by atomic mass is 127. The number of nitrogens with one attached hydrogen (secondary N) is 2. The molecule has 0 fully saturated rings. The van der Waals surface area contributed by atoms with Crippen LogP contribution in [-0.4, -0.2) is 34.4 Å². The van der Waals surface area contributed by atoms with Gasteiger partial charge in [0.15, 0.2) is 11.8 Å². The third-order valence-electron chi connectivity index (χ3n) is 4.01. The van der Waals surface area contributed by atoms with E-state index in [-0.39, 0.29) is 36.3 Å². The zero-order valence-electron chi connectivity index (χ0n) is 14.6. The fourth-order valence-corrected chi connectivity index (χ4v) is 3.00. The molecule has 0 amide bonds. The Morgan fingerprint density at radius 1 is 1.33 bits per heavy atom. The minimum absolute atomic E-state index is 0. The molecule has 0 spiro atoms. The lowest BCUT2D eigenvalue weighted by Gasteiger charge is -2.15. The normalized spacial score (nSPS) is 13.3. The maximum Gasteiger partial charge on any atom is 0.387 e. The van der Waals surface area contributed by atoms with Crippen LogP contribution in [0, 0.1) is 0 Å². The minimum atomic E-state index is -2.90. The molecule has 2 N–H and O–H groups in total. The molecule has 2 aromatic rings. The lowest BCUT2D eigenvalue weighted by atomic mass is 10.2. The molecule has 0 aliphatic carbocycles. The lowest BCUT2D eigenvalue weighted by Crippen LogP contribution is -2.37. The van der Waals surface area contributed by atoms with Crippen molar-refractivity contribution in [2.24, 2.45) is 4.99 Å². The number of nitrogens with zero attached hydrogens (tertiary/aromatic N) is 4. The summed E-state index contributed by atoms with van der Waals surface area (Å²) in [7, 11) is 1.62. The molecule has 1 aromatic carbocycles. The number of aliphatic imine (C=N–C) groups is 1. The van der Waals surface area contributed by atoms with Crippen LogP contribution in [0.5, 0.6) is 5.75 Å². The Hall–Kier alpha value is -1.69. The summed E-state index contributed by atoms with van der Waals surface area (Å²) in [6.07, 6.45) is 2.02. The zero-order chi connectivity index (χ0) is 18.5. The quantitative estimate of drug-likeness (QED) is 0.354. The molecule has 27 heavy (non-hydrogen) atoms. The predicted molar refractivity (Wildman–Crippen MR) is 109 cm³/mol. The predicted octanol–water partition coefficient (Wildman–Crippen LogP) is 2.96. The van der Waals surface area contributed by atoms with Crippen LogP contribution in [0.2, 0.25) is 5.02 Å². The molecule has 148 valence electrons. The van der Waals surface area contributed by atoms with E-state index in [0.29, 0.717) is 23.1 Å². The molecule has 0 saturated heterocycles. The summed E-state index contributed by atoms with van der Waals surface area (Å²) in [5, 5.41) is 15.0. The van der Waals surface area contributed by atoms with E-state index in [1.165, 1.54) is 12.1 Å². The minimum Gasteiger partial charge on any atom is -0.434 e. The van der Waals surface area contributed by atoms with E-state index in [0.717, 1.165) is 31.0 Å². The molecule has 11 heteroatoms. The second-order valence-electron chi connectivity index (χ2n) is 5.70. The summed E-state index contributed by atoms with van der Waals surface area (Å²) in [6.45, 7) is -1.30. The molecule has 0 unspecified atom stereocenters. The number of fused-ring (bicyclic) bond motifs is 1. The summed E-state index contributed by atoms with van der Waals surface area (Å²) in [5.41, 5.74) is 0.504. The molecule has 3 rings (SSSR count). The number of aromatic nitrogens is 3. The highest BCUT2D eigenvalue weighted by Crippen LogP contribution is 2.24. The number of alkyl halides is 2. The van der Waals surface area contributed by atoms with Crippen molar-refractivity contribution in [1.29, 1.82) is 0 Å². The summed E-state index contributed by atoms with van der Waals surface area (Å²) >= 11 is 5.95.